The molecule has 1 aliphatic heterocycles. The first-order valence-electron chi connectivity index (χ1n) is 8.65. The minimum absolute atomic E-state index is 0.00789. The molecular weight excluding hydrogens is 344 g/mol. The van der Waals surface area contributed by atoms with E-state index in [9.17, 15) is 4.79 Å². The third-order valence-corrected chi connectivity index (χ3v) is 5.92. The predicted octanol–water partition coefficient (Wildman–Crippen LogP) is 3.96. The number of carbonyl (C=O) groups is 1. The van der Waals surface area contributed by atoms with Gasteiger partial charge in [0.2, 0.25) is 0 Å². The van der Waals surface area contributed by atoms with E-state index in [1.165, 1.54) is 0 Å². The number of para-hydroxylation sites is 1. The van der Waals surface area contributed by atoms with Crippen molar-refractivity contribution in [1.82, 2.24) is 14.8 Å². The molecule has 0 radical (unpaired) electrons. The summed E-state index contributed by atoms with van der Waals surface area (Å²) in [5, 5.41) is 4.40. The van der Waals surface area contributed by atoms with Crippen LogP contribution in [0.2, 0.25) is 0 Å². The van der Waals surface area contributed by atoms with Crippen molar-refractivity contribution in [1.29, 1.82) is 0 Å². The Kier molecular flexibility index (Phi) is 4.51. The lowest BCUT2D eigenvalue weighted by Crippen LogP contribution is -2.35. The van der Waals surface area contributed by atoms with Gasteiger partial charge in [0.15, 0.2) is 5.82 Å². The highest BCUT2D eigenvalue weighted by Gasteiger charge is 2.28. The Labute approximate surface area is 157 Å². The van der Waals surface area contributed by atoms with Crippen LogP contribution in [0.15, 0.2) is 59.8 Å². The van der Waals surface area contributed by atoms with E-state index in [2.05, 4.69) is 23.1 Å². The van der Waals surface area contributed by atoms with Crippen LogP contribution in [-0.4, -0.2) is 33.0 Å². The highest BCUT2D eigenvalue weighted by molar-refractivity contribution is 7.99. The summed E-state index contributed by atoms with van der Waals surface area (Å²) in [6.07, 6.45) is 3.37. The molecule has 1 aromatic carbocycles. The number of anilines is 1. The Morgan fingerprint density at radius 3 is 2.81 bits per heavy atom. The third kappa shape index (κ3) is 3.01. The maximum Gasteiger partial charge on any atom is 0.261 e. The number of pyridine rings is 1. The molecular formula is C20H20N4OS. The van der Waals surface area contributed by atoms with Crippen molar-refractivity contribution in [2.45, 2.75) is 18.7 Å². The second-order valence-corrected chi connectivity index (χ2v) is 7.60. The molecule has 3 heterocycles. The molecule has 1 atom stereocenters. The lowest BCUT2D eigenvalue weighted by atomic mass is 10.1. The van der Waals surface area contributed by atoms with Crippen molar-refractivity contribution in [3.05, 3.63) is 66.1 Å². The zero-order chi connectivity index (χ0) is 18.1. The highest BCUT2D eigenvalue weighted by atomic mass is 32.2. The largest absolute Gasteiger partial charge is 0.307 e. The molecule has 6 heteroatoms. The Morgan fingerprint density at radius 1 is 1.19 bits per heavy atom. The summed E-state index contributed by atoms with van der Waals surface area (Å²) < 4.78 is 1.72. The molecule has 1 aliphatic rings. The van der Waals surface area contributed by atoms with E-state index in [1.54, 1.807) is 17.1 Å². The van der Waals surface area contributed by atoms with Crippen LogP contribution in [-0.2, 0) is 0 Å². The molecule has 0 saturated carbocycles. The van der Waals surface area contributed by atoms with Crippen molar-refractivity contribution in [2.24, 2.45) is 5.92 Å². The van der Waals surface area contributed by atoms with Crippen LogP contribution in [0.4, 0.5) is 5.69 Å². The molecule has 132 valence electrons. The molecule has 0 spiro atoms. The molecule has 3 aromatic rings. The Bertz CT molecular complexity index is 938. The van der Waals surface area contributed by atoms with Crippen LogP contribution in [0.3, 0.4) is 0 Å². The summed E-state index contributed by atoms with van der Waals surface area (Å²) in [6, 6.07) is 13.8. The van der Waals surface area contributed by atoms with Crippen molar-refractivity contribution in [3.8, 4) is 5.82 Å². The molecule has 0 saturated heterocycles. The molecule has 1 amide bonds. The van der Waals surface area contributed by atoms with Gasteiger partial charge in [0.25, 0.3) is 5.91 Å². The third-order valence-electron chi connectivity index (χ3n) is 4.53. The smallest absolute Gasteiger partial charge is 0.261 e. The minimum atomic E-state index is -0.00789. The second-order valence-electron chi connectivity index (χ2n) is 6.54. The topological polar surface area (TPSA) is 51.0 Å². The minimum Gasteiger partial charge on any atom is -0.307 e. The number of aromatic nitrogens is 3. The number of nitrogens with zero attached hydrogens (tertiary/aromatic N) is 4. The summed E-state index contributed by atoms with van der Waals surface area (Å²) in [5.41, 5.74) is 2.40. The molecule has 0 aliphatic carbocycles. The van der Waals surface area contributed by atoms with E-state index < -0.39 is 0 Å². The van der Waals surface area contributed by atoms with E-state index in [1.807, 2.05) is 60.0 Å². The SMILES string of the molecule is Cc1c(C(=O)N2C[C@H](C)CSc3ccccc32)cnn1-c1ccccn1. The molecule has 0 unspecified atom stereocenters. The summed E-state index contributed by atoms with van der Waals surface area (Å²) in [4.78, 5) is 20.7. The van der Waals surface area contributed by atoms with Crippen LogP contribution in [0.25, 0.3) is 5.82 Å². The maximum atomic E-state index is 13.4. The standard InChI is InChI=1S/C20H20N4OS/c1-14-12-23(17-7-3-4-8-18(17)26-13-14)20(25)16-11-22-24(15(16)2)19-9-5-6-10-21-19/h3-11,14H,12-13H2,1-2H3/t14-/m0/s1. The quantitative estimate of drug-likeness (QED) is 0.690. The van der Waals surface area contributed by atoms with Gasteiger partial charge in [0, 0.05) is 23.4 Å². The molecule has 5 nitrogen and oxygen atoms in total. The molecule has 0 bridgehead atoms. The zero-order valence-corrected chi connectivity index (χ0v) is 15.6. The first-order chi connectivity index (χ1) is 12.6. The molecule has 2 aromatic heterocycles. The van der Waals surface area contributed by atoms with Gasteiger partial charge in [-0.1, -0.05) is 25.1 Å². The zero-order valence-electron chi connectivity index (χ0n) is 14.8. The summed E-state index contributed by atoms with van der Waals surface area (Å²) in [5.74, 6) is 2.13. The fraction of sp³-hybridized carbons (Fsp3) is 0.250. The first kappa shape index (κ1) is 16.8. The van der Waals surface area contributed by atoms with Gasteiger partial charge in [-0.25, -0.2) is 9.67 Å². The molecule has 0 fully saturated rings. The van der Waals surface area contributed by atoms with Crippen molar-refractivity contribution >= 4 is 23.4 Å². The van der Waals surface area contributed by atoms with Gasteiger partial charge < -0.3 is 4.90 Å². The number of benzene rings is 1. The second kappa shape index (κ2) is 6.96. The van der Waals surface area contributed by atoms with Crippen LogP contribution >= 0.6 is 11.8 Å². The Balaban J connectivity index is 1.73. The molecule has 26 heavy (non-hydrogen) atoms. The Morgan fingerprint density at radius 2 is 2.00 bits per heavy atom. The van der Waals surface area contributed by atoms with Gasteiger partial charge in [-0.2, -0.15) is 5.10 Å². The fourth-order valence-electron chi connectivity index (χ4n) is 3.16. The lowest BCUT2D eigenvalue weighted by Gasteiger charge is -2.24. The normalized spacial score (nSPS) is 16.8. The number of carbonyl (C=O) groups excluding carboxylic acids is 1. The fourth-order valence-corrected chi connectivity index (χ4v) is 4.23. The molecule has 0 N–H and O–H groups in total. The Hall–Kier alpha value is -2.60. The first-order valence-corrected chi connectivity index (χ1v) is 9.63. The summed E-state index contributed by atoms with van der Waals surface area (Å²) in [7, 11) is 0. The average molecular weight is 364 g/mol. The number of hydrogen-bond acceptors (Lipinski definition) is 4. The van der Waals surface area contributed by atoms with Crippen LogP contribution in [0.5, 0.6) is 0 Å². The number of rotatable bonds is 2. The van der Waals surface area contributed by atoms with Crippen LogP contribution in [0, 0.1) is 12.8 Å². The van der Waals surface area contributed by atoms with Crippen LogP contribution in [0.1, 0.15) is 23.0 Å². The van der Waals surface area contributed by atoms with Crippen molar-refractivity contribution < 1.29 is 4.79 Å². The van der Waals surface area contributed by atoms with Gasteiger partial charge in [-0.05, 0) is 37.1 Å². The van der Waals surface area contributed by atoms with E-state index in [0.29, 0.717) is 23.8 Å². The number of thioether (sulfide) groups is 1. The van der Waals surface area contributed by atoms with E-state index in [0.717, 1.165) is 22.0 Å². The van der Waals surface area contributed by atoms with E-state index in [4.69, 9.17) is 0 Å². The van der Waals surface area contributed by atoms with Crippen molar-refractivity contribution in [3.63, 3.8) is 0 Å². The highest BCUT2D eigenvalue weighted by Crippen LogP contribution is 2.36. The van der Waals surface area contributed by atoms with Gasteiger partial charge >= 0.3 is 0 Å². The molecule has 4 rings (SSSR count). The van der Waals surface area contributed by atoms with E-state index in [-0.39, 0.29) is 5.91 Å². The number of fused-ring (bicyclic) bond motifs is 1. The van der Waals surface area contributed by atoms with Gasteiger partial charge in [0.1, 0.15) is 0 Å². The van der Waals surface area contributed by atoms with Gasteiger partial charge in [-0.3, -0.25) is 4.79 Å². The summed E-state index contributed by atoms with van der Waals surface area (Å²) in [6.45, 7) is 4.80. The van der Waals surface area contributed by atoms with E-state index >= 15 is 0 Å². The average Bonchev–Trinajstić information content (AvgIpc) is 2.97. The van der Waals surface area contributed by atoms with Gasteiger partial charge in [0.05, 0.1) is 23.1 Å². The predicted molar refractivity (Wildman–Crippen MR) is 104 cm³/mol. The monoisotopic (exact) mass is 364 g/mol. The number of amides is 1. The van der Waals surface area contributed by atoms with Crippen LogP contribution < -0.4 is 4.90 Å². The lowest BCUT2D eigenvalue weighted by molar-refractivity contribution is 0.0983. The van der Waals surface area contributed by atoms with Gasteiger partial charge in [-0.15, -0.1) is 11.8 Å². The maximum absolute atomic E-state index is 13.4. The summed E-state index contributed by atoms with van der Waals surface area (Å²) >= 11 is 1.82. The van der Waals surface area contributed by atoms with Crippen molar-refractivity contribution in [2.75, 3.05) is 17.2 Å². The number of hydrogen-bond donors (Lipinski definition) is 0.